The van der Waals surface area contributed by atoms with Crippen molar-refractivity contribution in [1.29, 1.82) is 0 Å². The number of fused-ring (bicyclic) bond motifs is 2. The molecular weight excluding hydrogens is 348 g/mol. The van der Waals surface area contributed by atoms with Crippen LogP contribution in [0.15, 0.2) is 54.7 Å². The number of anilines is 2. The predicted octanol–water partition coefficient (Wildman–Crippen LogP) is 3.85. The van der Waals surface area contributed by atoms with Crippen molar-refractivity contribution in [2.75, 3.05) is 10.6 Å². The van der Waals surface area contributed by atoms with E-state index in [1.165, 1.54) is 18.3 Å². The number of hydrogen-bond acceptors (Lipinski definition) is 4. The van der Waals surface area contributed by atoms with Gasteiger partial charge in [0.1, 0.15) is 6.54 Å². The van der Waals surface area contributed by atoms with Crippen LogP contribution < -0.4 is 10.6 Å². The summed E-state index contributed by atoms with van der Waals surface area (Å²) in [7, 11) is 0. The smallest absolute Gasteiger partial charge is 0.246 e. The lowest BCUT2D eigenvalue weighted by Gasteiger charge is -2.07. The second kappa shape index (κ2) is 6.61. The van der Waals surface area contributed by atoms with E-state index in [-0.39, 0.29) is 18.4 Å². The lowest BCUT2D eigenvalue weighted by Crippen LogP contribution is -2.18. The number of thiazole rings is 1. The highest BCUT2D eigenvalue weighted by molar-refractivity contribution is 7.22. The highest BCUT2D eigenvalue weighted by Gasteiger charge is 2.11. The summed E-state index contributed by atoms with van der Waals surface area (Å²) in [5, 5.41) is 7.16. The first kappa shape index (κ1) is 16.3. The molecule has 0 aliphatic carbocycles. The average molecular weight is 364 g/mol. The van der Waals surface area contributed by atoms with Crippen LogP contribution in [0.3, 0.4) is 0 Å². The van der Waals surface area contributed by atoms with E-state index in [0.29, 0.717) is 5.13 Å². The molecule has 0 spiro atoms. The molecule has 0 unspecified atom stereocenters. The second-order valence-electron chi connectivity index (χ2n) is 5.90. The number of carbonyl (C=O) groups excluding carboxylic acids is 2. The topological polar surface area (TPSA) is 76.0 Å². The molecule has 0 radical (unpaired) electrons. The van der Waals surface area contributed by atoms with Crippen molar-refractivity contribution in [3.8, 4) is 0 Å². The van der Waals surface area contributed by atoms with Gasteiger partial charge in [-0.05, 0) is 30.3 Å². The van der Waals surface area contributed by atoms with Crippen LogP contribution in [0, 0.1) is 0 Å². The van der Waals surface area contributed by atoms with Crippen molar-refractivity contribution >= 4 is 55.1 Å². The molecule has 2 aromatic heterocycles. The Morgan fingerprint density at radius 2 is 1.92 bits per heavy atom. The maximum absolute atomic E-state index is 12.4. The Morgan fingerprint density at radius 1 is 1.08 bits per heavy atom. The molecule has 0 aliphatic rings. The Morgan fingerprint density at radius 3 is 2.73 bits per heavy atom. The molecule has 4 aromatic rings. The lowest BCUT2D eigenvalue weighted by atomic mass is 10.2. The largest absolute Gasteiger partial charge is 0.338 e. The normalized spacial score (nSPS) is 11.0. The predicted molar refractivity (Wildman–Crippen MR) is 104 cm³/mol. The first-order valence-corrected chi connectivity index (χ1v) is 8.93. The molecule has 2 heterocycles. The maximum Gasteiger partial charge on any atom is 0.246 e. The number of hydrogen-bond donors (Lipinski definition) is 2. The number of nitrogens with one attached hydrogen (secondary N) is 2. The summed E-state index contributed by atoms with van der Waals surface area (Å²) >= 11 is 1.45. The molecule has 6 nitrogen and oxygen atoms in total. The monoisotopic (exact) mass is 364 g/mol. The summed E-state index contributed by atoms with van der Waals surface area (Å²) < 4.78 is 2.89. The van der Waals surface area contributed by atoms with Crippen molar-refractivity contribution < 1.29 is 9.59 Å². The molecule has 2 aromatic carbocycles. The molecule has 0 bridgehead atoms. The molecule has 4 rings (SSSR count). The van der Waals surface area contributed by atoms with Crippen molar-refractivity contribution in [3.63, 3.8) is 0 Å². The molecule has 130 valence electrons. The fourth-order valence-corrected chi connectivity index (χ4v) is 3.78. The molecule has 2 amide bonds. The fourth-order valence-electron chi connectivity index (χ4n) is 2.90. The van der Waals surface area contributed by atoms with Gasteiger partial charge >= 0.3 is 0 Å². The summed E-state index contributed by atoms with van der Waals surface area (Å²) in [6.07, 6.45) is 1.84. The number of benzene rings is 2. The van der Waals surface area contributed by atoms with Gasteiger partial charge in [-0.15, -0.1) is 0 Å². The molecular formula is C19H16N4O2S. The van der Waals surface area contributed by atoms with Gasteiger partial charge in [-0.1, -0.05) is 29.5 Å². The maximum atomic E-state index is 12.4. The first-order valence-electron chi connectivity index (χ1n) is 8.11. The minimum absolute atomic E-state index is 0.126. The number of rotatable bonds is 4. The molecule has 26 heavy (non-hydrogen) atoms. The molecule has 0 saturated carbocycles. The number of para-hydroxylation sites is 1. The minimum Gasteiger partial charge on any atom is -0.338 e. The standard InChI is InChI=1S/C19H16N4O2S/c1-12(24)20-14-6-4-7-16-13(14)9-10-23(16)11-18(25)22-19-21-15-5-2-3-8-17(15)26-19/h2-10H,11H2,1H3,(H,20,24)(H,21,22,25). The third-order valence-electron chi connectivity index (χ3n) is 3.98. The Balaban J connectivity index is 1.55. The van der Waals surface area contributed by atoms with Crippen LogP contribution in [0.1, 0.15) is 6.92 Å². The highest BCUT2D eigenvalue weighted by Crippen LogP contribution is 2.26. The zero-order valence-corrected chi connectivity index (χ0v) is 14.8. The molecule has 2 N–H and O–H groups in total. The molecule has 7 heteroatoms. The summed E-state index contributed by atoms with van der Waals surface area (Å²) in [5.74, 6) is -0.273. The van der Waals surface area contributed by atoms with Gasteiger partial charge in [-0.25, -0.2) is 4.98 Å². The number of carbonyl (C=O) groups is 2. The Labute approximate surface area is 153 Å². The van der Waals surface area contributed by atoms with Crippen molar-refractivity contribution in [2.45, 2.75) is 13.5 Å². The van der Waals surface area contributed by atoms with Gasteiger partial charge in [0.05, 0.1) is 21.4 Å². The molecule has 0 aliphatic heterocycles. The Hall–Kier alpha value is -3.19. The first-order chi connectivity index (χ1) is 12.6. The summed E-state index contributed by atoms with van der Waals surface area (Å²) in [6, 6.07) is 15.3. The zero-order chi connectivity index (χ0) is 18.1. The van der Waals surface area contributed by atoms with E-state index in [0.717, 1.165) is 26.8 Å². The summed E-state index contributed by atoms with van der Waals surface area (Å²) in [6.45, 7) is 1.64. The van der Waals surface area contributed by atoms with Gasteiger partial charge in [-0.3, -0.25) is 9.59 Å². The SMILES string of the molecule is CC(=O)Nc1cccc2c1ccn2CC(=O)Nc1nc2ccccc2s1. The summed E-state index contributed by atoms with van der Waals surface area (Å²) in [5.41, 5.74) is 2.50. The zero-order valence-electron chi connectivity index (χ0n) is 14.0. The fraction of sp³-hybridized carbons (Fsp3) is 0.105. The minimum atomic E-state index is -0.147. The molecule has 0 saturated heterocycles. The average Bonchev–Trinajstić information content (AvgIpc) is 3.18. The molecule has 0 fully saturated rings. The van der Waals surface area contributed by atoms with Crippen LogP contribution in [-0.4, -0.2) is 21.4 Å². The van der Waals surface area contributed by atoms with Gasteiger partial charge in [0.2, 0.25) is 11.8 Å². The van der Waals surface area contributed by atoms with Crippen LogP contribution in [0.2, 0.25) is 0 Å². The number of aromatic nitrogens is 2. The lowest BCUT2D eigenvalue weighted by molar-refractivity contribution is -0.116. The van der Waals surface area contributed by atoms with E-state index < -0.39 is 0 Å². The van der Waals surface area contributed by atoms with E-state index >= 15 is 0 Å². The number of amides is 2. The van der Waals surface area contributed by atoms with Crippen LogP contribution in [0.4, 0.5) is 10.8 Å². The Kier molecular flexibility index (Phi) is 4.14. The van der Waals surface area contributed by atoms with E-state index in [4.69, 9.17) is 0 Å². The quantitative estimate of drug-likeness (QED) is 0.577. The van der Waals surface area contributed by atoms with Crippen LogP contribution in [0.25, 0.3) is 21.1 Å². The third kappa shape index (κ3) is 3.16. The Bertz CT molecular complexity index is 1100. The van der Waals surface area contributed by atoms with Gasteiger partial charge in [0.15, 0.2) is 5.13 Å². The number of nitrogens with zero attached hydrogens (tertiary/aromatic N) is 2. The highest BCUT2D eigenvalue weighted by atomic mass is 32.1. The van der Waals surface area contributed by atoms with Gasteiger partial charge in [-0.2, -0.15) is 0 Å². The van der Waals surface area contributed by atoms with E-state index in [1.54, 1.807) is 0 Å². The van der Waals surface area contributed by atoms with Crippen molar-refractivity contribution in [2.24, 2.45) is 0 Å². The molecule has 0 atom stereocenters. The van der Waals surface area contributed by atoms with Gasteiger partial charge < -0.3 is 15.2 Å². The van der Waals surface area contributed by atoms with E-state index in [1.807, 2.05) is 59.3 Å². The van der Waals surface area contributed by atoms with Crippen molar-refractivity contribution in [3.05, 3.63) is 54.7 Å². The van der Waals surface area contributed by atoms with Crippen LogP contribution in [0.5, 0.6) is 0 Å². The van der Waals surface area contributed by atoms with Crippen LogP contribution >= 0.6 is 11.3 Å². The summed E-state index contributed by atoms with van der Waals surface area (Å²) in [4.78, 5) is 28.2. The third-order valence-corrected chi connectivity index (χ3v) is 4.93. The van der Waals surface area contributed by atoms with Gasteiger partial charge in [0, 0.05) is 18.5 Å². The second-order valence-corrected chi connectivity index (χ2v) is 6.93. The van der Waals surface area contributed by atoms with E-state index in [9.17, 15) is 9.59 Å². The van der Waals surface area contributed by atoms with E-state index in [2.05, 4.69) is 15.6 Å². The van der Waals surface area contributed by atoms with Crippen molar-refractivity contribution in [1.82, 2.24) is 9.55 Å². The van der Waals surface area contributed by atoms with Gasteiger partial charge in [0.25, 0.3) is 0 Å². The van der Waals surface area contributed by atoms with Crippen LogP contribution in [-0.2, 0) is 16.1 Å².